The van der Waals surface area contributed by atoms with E-state index in [9.17, 15) is 0 Å². The molecule has 0 bridgehead atoms. The number of hydrogen-bond acceptors (Lipinski definition) is 3. The van der Waals surface area contributed by atoms with Gasteiger partial charge in [0.05, 0.1) is 11.5 Å². The van der Waals surface area contributed by atoms with E-state index in [4.69, 9.17) is 14.2 Å². The molecule has 1 spiro atoms. The molecule has 1 aromatic rings. The second-order valence-electron chi connectivity index (χ2n) is 4.66. The third-order valence-corrected chi connectivity index (χ3v) is 3.62. The van der Waals surface area contributed by atoms with Crippen LogP contribution in [0.1, 0.15) is 17.5 Å². The molecule has 1 aromatic carbocycles. The maximum Gasteiger partial charge on any atom is 0.146 e. The monoisotopic (exact) mass is 220 g/mol. The molecule has 3 nitrogen and oxygen atoms in total. The van der Waals surface area contributed by atoms with Gasteiger partial charge in [-0.25, -0.2) is 0 Å². The summed E-state index contributed by atoms with van der Waals surface area (Å²) in [6, 6.07) is 6.34. The minimum Gasteiger partial charge on any atom is -0.492 e. The van der Waals surface area contributed by atoms with Crippen LogP contribution in [-0.2, 0) is 14.9 Å². The molecule has 2 aliphatic rings. The summed E-state index contributed by atoms with van der Waals surface area (Å²) in [6.45, 7) is 3.21. The average molecular weight is 220 g/mol. The molecule has 0 amide bonds. The second kappa shape index (κ2) is 3.47. The summed E-state index contributed by atoms with van der Waals surface area (Å²) in [5, 5.41) is 0. The molecule has 1 heterocycles. The lowest BCUT2D eigenvalue weighted by atomic mass is 9.96. The van der Waals surface area contributed by atoms with E-state index < -0.39 is 0 Å². The predicted octanol–water partition coefficient (Wildman–Crippen LogP) is 2.02. The van der Waals surface area contributed by atoms with Gasteiger partial charge in [-0.1, -0.05) is 18.2 Å². The van der Waals surface area contributed by atoms with Crippen molar-refractivity contribution in [3.05, 3.63) is 29.3 Å². The largest absolute Gasteiger partial charge is 0.492 e. The Balaban J connectivity index is 1.85. The molecule has 86 valence electrons. The maximum absolute atomic E-state index is 5.80. The average Bonchev–Trinajstić information content (AvgIpc) is 2.85. The van der Waals surface area contributed by atoms with Gasteiger partial charge in [0.25, 0.3) is 0 Å². The molecule has 3 heteroatoms. The Morgan fingerprint density at radius 3 is 3.19 bits per heavy atom. The number of aryl methyl sites for hydroxylation is 1. The fourth-order valence-corrected chi connectivity index (χ4v) is 2.59. The van der Waals surface area contributed by atoms with Gasteiger partial charge in [-0.2, -0.15) is 0 Å². The molecule has 0 saturated heterocycles. The van der Waals surface area contributed by atoms with Crippen LogP contribution in [0.5, 0.6) is 5.75 Å². The predicted molar refractivity (Wildman–Crippen MR) is 59.7 cm³/mol. The van der Waals surface area contributed by atoms with Crippen LogP contribution >= 0.6 is 0 Å². The van der Waals surface area contributed by atoms with Crippen LogP contribution in [0.15, 0.2) is 18.2 Å². The quantitative estimate of drug-likeness (QED) is 0.729. The fraction of sp³-hybridized carbons (Fsp3) is 0.538. The summed E-state index contributed by atoms with van der Waals surface area (Å²) in [7, 11) is 1.65. The van der Waals surface area contributed by atoms with Crippen molar-refractivity contribution in [3.63, 3.8) is 0 Å². The second-order valence-corrected chi connectivity index (χ2v) is 4.66. The molecule has 3 rings (SSSR count). The Bertz CT molecular complexity index is 416. The normalized spacial score (nSPS) is 30.2. The Morgan fingerprint density at radius 2 is 2.38 bits per heavy atom. The number of rotatable bonds is 3. The molecule has 1 aliphatic carbocycles. The van der Waals surface area contributed by atoms with Gasteiger partial charge in [-0.15, -0.1) is 0 Å². The zero-order valence-corrected chi connectivity index (χ0v) is 9.66. The SMILES string of the molecule is COCOC1CC12COc1c(C)cccc12. The number of ether oxygens (including phenoxy) is 3. The van der Waals surface area contributed by atoms with E-state index >= 15 is 0 Å². The van der Waals surface area contributed by atoms with Crippen molar-refractivity contribution in [3.8, 4) is 5.75 Å². The Hall–Kier alpha value is -1.06. The minimum atomic E-state index is 0.111. The Kier molecular flexibility index (Phi) is 2.19. The topological polar surface area (TPSA) is 27.7 Å². The van der Waals surface area contributed by atoms with Gasteiger partial charge in [-0.05, 0) is 18.9 Å². The zero-order valence-electron chi connectivity index (χ0n) is 9.66. The zero-order chi connectivity index (χ0) is 11.2. The van der Waals surface area contributed by atoms with Crippen LogP contribution in [-0.4, -0.2) is 26.6 Å². The van der Waals surface area contributed by atoms with Gasteiger partial charge in [0.15, 0.2) is 0 Å². The number of hydrogen-bond donors (Lipinski definition) is 0. The first-order valence-corrected chi connectivity index (χ1v) is 5.61. The molecule has 1 fully saturated rings. The first-order chi connectivity index (χ1) is 7.78. The summed E-state index contributed by atoms with van der Waals surface area (Å²) in [5.74, 6) is 1.06. The van der Waals surface area contributed by atoms with Crippen molar-refractivity contribution in [2.75, 3.05) is 20.5 Å². The van der Waals surface area contributed by atoms with Crippen LogP contribution in [0, 0.1) is 6.92 Å². The van der Waals surface area contributed by atoms with E-state index in [0.717, 1.165) is 18.8 Å². The van der Waals surface area contributed by atoms with E-state index in [1.807, 2.05) is 0 Å². The highest BCUT2D eigenvalue weighted by Gasteiger charge is 2.61. The lowest BCUT2D eigenvalue weighted by Crippen LogP contribution is -2.17. The smallest absolute Gasteiger partial charge is 0.146 e. The summed E-state index contributed by atoms with van der Waals surface area (Å²) in [4.78, 5) is 0. The van der Waals surface area contributed by atoms with E-state index in [-0.39, 0.29) is 11.5 Å². The highest BCUT2D eigenvalue weighted by molar-refractivity contribution is 5.53. The number of benzene rings is 1. The molecule has 0 radical (unpaired) electrons. The molecule has 1 saturated carbocycles. The van der Waals surface area contributed by atoms with Crippen molar-refractivity contribution < 1.29 is 14.2 Å². The van der Waals surface area contributed by atoms with Gasteiger partial charge >= 0.3 is 0 Å². The van der Waals surface area contributed by atoms with Crippen molar-refractivity contribution in [2.45, 2.75) is 24.9 Å². The Labute approximate surface area is 95.3 Å². The molecule has 2 atom stereocenters. The molecule has 0 N–H and O–H groups in total. The maximum atomic E-state index is 5.80. The van der Waals surface area contributed by atoms with Crippen LogP contribution < -0.4 is 4.74 Å². The van der Waals surface area contributed by atoms with E-state index in [2.05, 4.69) is 25.1 Å². The standard InChI is InChI=1S/C13H16O3/c1-9-4-3-5-10-12(9)15-7-13(10)6-11(13)16-8-14-2/h3-5,11H,6-8H2,1-2H3. The number of para-hydroxylation sites is 1. The van der Waals surface area contributed by atoms with Gasteiger partial charge in [-0.3, -0.25) is 0 Å². The number of methoxy groups -OCH3 is 1. The molecule has 1 aliphatic heterocycles. The first-order valence-electron chi connectivity index (χ1n) is 5.61. The third kappa shape index (κ3) is 1.28. The van der Waals surface area contributed by atoms with Crippen LogP contribution in [0.3, 0.4) is 0 Å². The Morgan fingerprint density at radius 1 is 1.50 bits per heavy atom. The fourth-order valence-electron chi connectivity index (χ4n) is 2.59. The lowest BCUT2D eigenvalue weighted by molar-refractivity contribution is -0.0466. The molecular weight excluding hydrogens is 204 g/mol. The lowest BCUT2D eigenvalue weighted by Gasteiger charge is -2.08. The van der Waals surface area contributed by atoms with E-state index in [1.165, 1.54) is 11.1 Å². The van der Waals surface area contributed by atoms with Crippen molar-refractivity contribution >= 4 is 0 Å². The first kappa shape index (κ1) is 10.1. The molecule has 0 aromatic heterocycles. The van der Waals surface area contributed by atoms with Crippen molar-refractivity contribution in [1.29, 1.82) is 0 Å². The van der Waals surface area contributed by atoms with E-state index in [1.54, 1.807) is 7.11 Å². The van der Waals surface area contributed by atoms with Crippen molar-refractivity contribution in [2.24, 2.45) is 0 Å². The number of fused-ring (bicyclic) bond motifs is 2. The molecule has 16 heavy (non-hydrogen) atoms. The van der Waals surface area contributed by atoms with Crippen LogP contribution in [0.25, 0.3) is 0 Å². The summed E-state index contributed by atoms with van der Waals surface area (Å²) >= 11 is 0. The van der Waals surface area contributed by atoms with Gasteiger partial charge in [0.2, 0.25) is 0 Å². The third-order valence-electron chi connectivity index (χ3n) is 3.62. The minimum absolute atomic E-state index is 0.111. The van der Waals surface area contributed by atoms with Crippen LogP contribution in [0.2, 0.25) is 0 Å². The summed E-state index contributed by atoms with van der Waals surface area (Å²) < 4.78 is 16.4. The van der Waals surface area contributed by atoms with E-state index in [0.29, 0.717) is 6.79 Å². The summed E-state index contributed by atoms with van der Waals surface area (Å²) in [6.07, 6.45) is 1.31. The van der Waals surface area contributed by atoms with Gasteiger partial charge in [0, 0.05) is 12.7 Å². The molecular formula is C13H16O3. The van der Waals surface area contributed by atoms with Crippen molar-refractivity contribution in [1.82, 2.24) is 0 Å². The van der Waals surface area contributed by atoms with Crippen LogP contribution in [0.4, 0.5) is 0 Å². The van der Waals surface area contributed by atoms with Gasteiger partial charge in [0.1, 0.15) is 19.1 Å². The highest BCUT2D eigenvalue weighted by Crippen LogP contribution is 2.57. The highest BCUT2D eigenvalue weighted by atomic mass is 16.7. The summed E-state index contributed by atoms with van der Waals surface area (Å²) in [5.41, 5.74) is 2.64. The molecule has 2 unspecified atom stereocenters. The van der Waals surface area contributed by atoms with Gasteiger partial charge < -0.3 is 14.2 Å².